The average Bonchev–Trinajstić information content (AvgIpc) is 2.45. The van der Waals surface area contributed by atoms with E-state index < -0.39 is 8.80 Å². The predicted molar refractivity (Wildman–Crippen MR) is 90.2 cm³/mol. The van der Waals surface area contributed by atoms with Gasteiger partial charge in [0, 0.05) is 0 Å². The Morgan fingerprint density at radius 2 is 1.95 bits per heavy atom. The molecule has 2 heteroatoms. The maximum Gasteiger partial charge on any atom is 0.0814 e. The summed E-state index contributed by atoms with van der Waals surface area (Å²) in [5, 5.41) is 5.18. The number of unbranched alkanes of at least 4 members (excludes halogenated alkanes) is 1. The van der Waals surface area contributed by atoms with E-state index in [1.807, 2.05) is 0 Å². The van der Waals surface area contributed by atoms with Gasteiger partial charge in [-0.2, -0.15) is 0 Å². The van der Waals surface area contributed by atoms with Crippen LogP contribution in [0, 0.1) is 6.92 Å². The Labute approximate surface area is 125 Å². The van der Waals surface area contributed by atoms with Gasteiger partial charge in [0.05, 0.1) is 14.8 Å². The van der Waals surface area contributed by atoms with Crippen LogP contribution in [0.3, 0.4) is 0 Å². The fourth-order valence-electron chi connectivity index (χ4n) is 2.77. The zero-order valence-corrected chi connectivity index (χ0v) is 14.2. The quantitative estimate of drug-likeness (QED) is 0.756. The molecule has 0 spiro atoms. The number of hydrogen-bond acceptors (Lipinski definition) is 1. The number of allylic oxidation sites excluding steroid dienone is 2. The lowest BCUT2D eigenvalue weighted by Crippen LogP contribution is -2.24. The van der Waals surface area contributed by atoms with E-state index in [4.69, 9.17) is 0 Å². The summed E-state index contributed by atoms with van der Waals surface area (Å²) in [6.07, 6.45) is 8.53. The van der Waals surface area contributed by atoms with Gasteiger partial charge in [-0.05, 0) is 47.9 Å². The minimum atomic E-state index is -0.398. The monoisotopic (exact) mass is 284 g/mol. The van der Waals surface area contributed by atoms with Gasteiger partial charge in [-0.1, -0.05) is 56.8 Å². The second kappa shape index (κ2) is 6.94. The van der Waals surface area contributed by atoms with Crippen LogP contribution in [0.4, 0.5) is 0 Å². The van der Waals surface area contributed by atoms with E-state index in [0.717, 1.165) is 0 Å². The lowest BCUT2D eigenvalue weighted by molar-refractivity contribution is 0.709. The molecule has 0 bridgehead atoms. The van der Waals surface area contributed by atoms with Crippen LogP contribution in [0.1, 0.15) is 43.4 Å². The molecule has 0 fully saturated rings. The fraction of sp³-hybridized carbons (Fsp3) is 0.444. The number of hydrogen-bond donors (Lipinski definition) is 1. The van der Waals surface area contributed by atoms with Crippen LogP contribution in [0.5, 0.6) is 0 Å². The van der Waals surface area contributed by atoms with Crippen molar-refractivity contribution in [3.8, 4) is 0 Å². The SMILES string of the molecule is CCCCC1=CC(c2ccccc2C)NC=C1[Si](C)C. The van der Waals surface area contributed by atoms with Crippen LogP contribution >= 0.6 is 0 Å². The third-order valence-electron chi connectivity index (χ3n) is 3.98. The summed E-state index contributed by atoms with van der Waals surface area (Å²) in [5.41, 5.74) is 4.35. The molecule has 1 aromatic carbocycles. The van der Waals surface area contributed by atoms with Crippen LogP contribution in [0.15, 0.2) is 47.3 Å². The van der Waals surface area contributed by atoms with Gasteiger partial charge in [0.25, 0.3) is 0 Å². The maximum absolute atomic E-state index is 3.60. The molecule has 0 aliphatic carbocycles. The first-order valence-corrected chi connectivity index (χ1v) is 10.2. The van der Waals surface area contributed by atoms with Crippen molar-refractivity contribution >= 4 is 8.80 Å². The van der Waals surface area contributed by atoms with Crippen molar-refractivity contribution in [1.29, 1.82) is 0 Å². The summed E-state index contributed by atoms with van der Waals surface area (Å²) in [6, 6.07) is 9.03. The maximum atomic E-state index is 3.60. The van der Waals surface area contributed by atoms with Crippen LogP contribution in [-0.4, -0.2) is 8.80 Å². The van der Waals surface area contributed by atoms with Crippen LogP contribution in [-0.2, 0) is 0 Å². The molecule has 0 amide bonds. The van der Waals surface area contributed by atoms with Crippen molar-refractivity contribution in [2.45, 2.75) is 52.2 Å². The molecule has 0 saturated carbocycles. The molecule has 1 heterocycles. The molecule has 1 nitrogen and oxygen atoms in total. The number of dihydropyridines is 1. The Bertz CT molecular complexity index is 514. The van der Waals surface area contributed by atoms with Gasteiger partial charge in [0.1, 0.15) is 0 Å². The largest absolute Gasteiger partial charge is 0.381 e. The van der Waals surface area contributed by atoms with Crippen molar-refractivity contribution in [2.75, 3.05) is 0 Å². The third-order valence-corrected chi connectivity index (χ3v) is 5.53. The van der Waals surface area contributed by atoms with Crippen molar-refractivity contribution in [3.63, 3.8) is 0 Å². The van der Waals surface area contributed by atoms with Gasteiger partial charge in [-0.3, -0.25) is 0 Å². The standard InChI is InChI=1S/C18H26NSi/c1-5-6-10-15-12-17(19-13-18(15)20(3)4)16-11-8-7-9-14(16)2/h7-9,11-13,17,19H,5-6,10H2,1-4H3. The molecule has 107 valence electrons. The number of rotatable bonds is 5. The topological polar surface area (TPSA) is 12.0 Å². The minimum Gasteiger partial charge on any atom is -0.381 e. The summed E-state index contributed by atoms with van der Waals surface area (Å²) in [5.74, 6) is 0. The summed E-state index contributed by atoms with van der Waals surface area (Å²) < 4.78 is 0. The molecule has 20 heavy (non-hydrogen) atoms. The molecule has 1 N–H and O–H groups in total. The first kappa shape index (κ1) is 15.1. The third kappa shape index (κ3) is 3.43. The smallest absolute Gasteiger partial charge is 0.0814 e. The Hall–Kier alpha value is -1.28. The molecular weight excluding hydrogens is 258 g/mol. The van der Waals surface area contributed by atoms with Gasteiger partial charge in [-0.25, -0.2) is 0 Å². The summed E-state index contributed by atoms with van der Waals surface area (Å²) in [4.78, 5) is 0. The molecular formula is C18H26NSi. The van der Waals surface area contributed by atoms with Crippen molar-refractivity contribution in [3.05, 3.63) is 58.4 Å². The molecule has 0 aromatic heterocycles. The second-order valence-electron chi connectivity index (χ2n) is 5.85. The highest BCUT2D eigenvalue weighted by molar-refractivity contribution is 6.65. The summed E-state index contributed by atoms with van der Waals surface area (Å²) >= 11 is 0. The average molecular weight is 284 g/mol. The van der Waals surface area contributed by atoms with Crippen LogP contribution in [0.2, 0.25) is 13.1 Å². The van der Waals surface area contributed by atoms with E-state index in [1.54, 1.807) is 10.8 Å². The minimum absolute atomic E-state index is 0.341. The molecule has 1 unspecified atom stereocenters. The van der Waals surface area contributed by atoms with Gasteiger partial charge in [0.2, 0.25) is 0 Å². The van der Waals surface area contributed by atoms with E-state index in [1.165, 1.54) is 30.4 Å². The Morgan fingerprint density at radius 1 is 1.20 bits per heavy atom. The Kier molecular flexibility index (Phi) is 5.24. The molecule has 1 aliphatic heterocycles. The van der Waals surface area contributed by atoms with E-state index in [2.05, 4.69) is 68.8 Å². The van der Waals surface area contributed by atoms with Crippen LogP contribution in [0.25, 0.3) is 0 Å². The van der Waals surface area contributed by atoms with Crippen molar-refractivity contribution < 1.29 is 0 Å². The Morgan fingerprint density at radius 3 is 2.60 bits per heavy atom. The van der Waals surface area contributed by atoms with Crippen LogP contribution < -0.4 is 5.32 Å². The molecule has 1 aliphatic rings. The highest BCUT2D eigenvalue weighted by Gasteiger charge is 2.19. The molecule has 0 saturated heterocycles. The van der Waals surface area contributed by atoms with Gasteiger partial charge < -0.3 is 5.32 Å². The van der Waals surface area contributed by atoms with E-state index >= 15 is 0 Å². The molecule has 1 atom stereocenters. The fourth-order valence-corrected chi connectivity index (χ4v) is 3.99. The van der Waals surface area contributed by atoms with Crippen molar-refractivity contribution in [2.24, 2.45) is 0 Å². The normalized spacial score (nSPS) is 18.6. The van der Waals surface area contributed by atoms with E-state index in [-0.39, 0.29) is 0 Å². The first-order valence-electron chi connectivity index (χ1n) is 7.66. The summed E-state index contributed by atoms with van der Waals surface area (Å²) in [6.45, 7) is 9.23. The summed E-state index contributed by atoms with van der Waals surface area (Å²) in [7, 11) is -0.398. The lowest BCUT2D eigenvalue weighted by atomic mass is 9.95. The number of benzene rings is 1. The highest BCUT2D eigenvalue weighted by atomic mass is 28.3. The van der Waals surface area contributed by atoms with Gasteiger partial charge in [0.15, 0.2) is 0 Å². The zero-order chi connectivity index (χ0) is 14.5. The zero-order valence-electron chi connectivity index (χ0n) is 13.2. The van der Waals surface area contributed by atoms with Gasteiger partial charge in [-0.15, -0.1) is 0 Å². The second-order valence-corrected chi connectivity index (χ2v) is 8.39. The molecule has 1 aromatic rings. The van der Waals surface area contributed by atoms with Crippen molar-refractivity contribution in [1.82, 2.24) is 5.32 Å². The molecule has 2 rings (SSSR count). The highest BCUT2D eigenvalue weighted by Crippen LogP contribution is 2.29. The first-order chi connectivity index (χ1) is 9.63. The molecule has 1 radical (unpaired) electrons. The lowest BCUT2D eigenvalue weighted by Gasteiger charge is -2.26. The van der Waals surface area contributed by atoms with E-state index in [9.17, 15) is 0 Å². The number of aryl methyl sites for hydroxylation is 1. The van der Waals surface area contributed by atoms with E-state index in [0.29, 0.717) is 6.04 Å². The predicted octanol–water partition coefficient (Wildman–Crippen LogP) is 4.93. The Balaban J connectivity index is 2.26. The number of nitrogens with one attached hydrogen (secondary N) is 1. The van der Waals surface area contributed by atoms with Gasteiger partial charge >= 0.3 is 0 Å².